The Morgan fingerprint density at radius 1 is 1.00 bits per heavy atom. The van der Waals surface area contributed by atoms with E-state index < -0.39 is 0 Å². The zero-order valence-corrected chi connectivity index (χ0v) is 15.0. The molecule has 1 aliphatic heterocycles. The predicted octanol–water partition coefficient (Wildman–Crippen LogP) is 2.75. The lowest BCUT2D eigenvalue weighted by atomic mass is 10.1. The molecule has 136 valence electrons. The zero-order chi connectivity index (χ0) is 17.1. The van der Waals surface area contributed by atoms with Gasteiger partial charge in [0, 0.05) is 62.4 Å². The molecule has 1 fully saturated rings. The van der Waals surface area contributed by atoms with Gasteiger partial charge in [-0.2, -0.15) is 5.10 Å². The van der Waals surface area contributed by atoms with E-state index >= 15 is 0 Å². The lowest BCUT2D eigenvalue weighted by Crippen LogP contribution is -2.46. The summed E-state index contributed by atoms with van der Waals surface area (Å²) in [6.07, 6.45) is 7.18. The van der Waals surface area contributed by atoms with Crippen molar-refractivity contribution in [2.45, 2.75) is 6.54 Å². The van der Waals surface area contributed by atoms with Crippen LogP contribution < -0.4 is 4.90 Å². The van der Waals surface area contributed by atoms with E-state index in [9.17, 15) is 4.39 Å². The summed E-state index contributed by atoms with van der Waals surface area (Å²) in [7, 11) is 0. The number of nitrogens with zero attached hydrogens (tertiary/aromatic N) is 5. The van der Waals surface area contributed by atoms with Gasteiger partial charge in [0.05, 0.1) is 6.20 Å². The van der Waals surface area contributed by atoms with Gasteiger partial charge in [-0.05, 0) is 24.3 Å². The highest BCUT2D eigenvalue weighted by molar-refractivity contribution is 5.85. The first-order valence-corrected chi connectivity index (χ1v) is 8.31. The van der Waals surface area contributed by atoms with Crippen LogP contribution in [-0.2, 0) is 6.54 Å². The Balaban J connectivity index is 0.00000196. The van der Waals surface area contributed by atoms with Crippen LogP contribution in [0.4, 0.5) is 10.2 Å². The highest BCUT2D eigenvalue weighted by atomic mass is 35.5. The molecule has 26 heavy (non-hydrogen) atoms. The standard InChI is InChI=1S/C18H19FN6.ClH/c19-16-3-1-15(2-4-16)17-18(21-6-5-20-17)25-9-7-24(8-10-25)13-14-11-22-23-12-14;/h1-6,11-12H,7-10,13H2,(H,22,23);1H. The van der Waals surface area contributed by atoms with Crippen molar-refractivity contribution in [3.05, 3.63) is 60.4 Å². The molecule has 8 heteroatoms. The topological polar surface area (TPSA) is 60.9 Å². The maximum absolute atomic E-state index is 13.2. The fraction of sp³-hybridized carbons (Fsp3) is 0.278. The first kappa shape index (κ1) is 18.3. The molecule has 1 saturated heterocycles. The lowest BCUT2D eigenvalue weighted by molar-refractivity contribution is 0.249. The monoisotopic (exact) mass is 374 g/mol. The van der Waals surface area contributed by atoms with Crippen LogP contribution in [0.5, 0.6) is 0 Å². The minimum atomic E-state index is -0.248. The van der Waals surface area contributed by atoms with Gasteiger partial charge in [0.1, 0.15) is 11.5 Å². The van der Waals surface area contributed by atoms with Crippen LogP contribution >= 0.6 is 12.4 Å². The normalized spacial score (nSPS) is 14.9. The summed E-state index contributed by atoms with van der Waals surface area (Å²) in [5, 5.41) is 6.85. The maximum atomic E-state index is 13.2. The Hall–Kier alpha value is -2.51. The molecule has 0 radical (unpaired) electrons. The molecule has 0 spiro atoms. The predicted molar refractivity (Wildman–Crippen MR) is 101 cm³/mol. The summed E-state index contributed by atoms with van der Waals surface area (Å²) in [5.74, 6) is 0.610. The van der Waals surface area contributed by atoms with Gasteiger partial charge in [-0.1, -0.05) is 0 Å². The molecule has 3 aromatic rings. The molecule has 0 saturated carbocycles. The third-order valence-electron chi connectivity index (χ3n) is 4.43. The van der Waals surface area contributed by atoms with Gasteiger partial charge in [0.2, 0.25) is 0 Å². The van der Waals surface area contributed by atoms with E-state index in [0.717, 1.165) is 49.8 Å². The Bertz CT molecular complexity index is 816. The third-order valence-corrected chi connectivity index (χ3v) is 4.43. The SMILES string of the molecule is Cl.Fc1ccc(-c2nccnc2N2CCN(Cc3cn[nH]c3)CC2)cc1. The molecule has 0 aliphatic carbocycles. The van der Waals surface area contributed by atoms with E-state index in [2.05, 4.69) is 30.0 Å². The summed E-state index contributed by atoms with van der Waals surface area (Å²) in [6.45, 7) is 4.56. The lowest BCUT2D eigenvalue weighted by Gasteiger charge is -2.35. The van der Waals surface area contributed by atoms with Gasteiger partial charge in [0.15, 0.2) is 5.82 Å². The van der Waals surface area contributed by atoms with Crippen molar-refractivity contribution in [3.8, 4) is 11.3 Å². The highest BCUT2D eigenvalue weighted by Crippen LogP contribution is 2.27. The second-order valence-electron chi connectivity index (χ2n) is 6.11. The molecule has 0 atom stereocenters. The number of piperazine rings is 1. The first-order chi connectivity index (χ1) is 12.3. The van der Waals surface area contributed by atoms with Crippen LogP contribution in [0.2, 0.25) is 0 Å². The second kappa shape index (κ2) is 8.25. The molecule has 0 amide bonds. The molecule has 1 aromatic carbocycles. The summed E-state index contributed by atoms with van der Waals surface area (Å²) in [5.41, 5.74) is 2.87. The van der Waals surface area contributed by atoms with Crippen LogP contribution in [0.1, 0.15) is 5.56 Å². The first-order valence-electron chi connectivity index (χ1n) is 8.31. The Labute approximate surface area is 157 Å². The van der Waals surface area contributed by atoms with Crippen LogP contribution in [0.3, 0.4) is 0 Å². The molecule has 1 N–H and O–H groups in total. The number of nitrogens with one attached hydrogen (secondary N) is 1. The number of anilines is 1. The zero-order valence-electron chi connectivity index (χ0n) is 14.2. The summed E-state index contributed by atoms with van der Waals surface area (Å²) >= 11 is 0. The summed E-state index contributed by atoms with van der Waals surface area (Å²) in [4.78, 5) is 13.7. The van der Waals surface area contributed by atoms with Gasteiger partial charge in [-0.15, -0.1) is 12.4 Å². The fourth-order valence-electron chi connectivity index (χ4n) is 3.11. The number of benzene rings is 1. The van der Waals surface area contributed by atoms with E-state index in [4.69, 9.17) is 0 Å². The average Bonchev–Trinajstić information content (AvgIpc) is 3.16. The Kier molecular flexibility index (Phi) is 5.80. The van der Waals surface area contributed by atoms with E-state index in [1.165, 1.54) is 17.7 Å². The Morgan fingerprint density at radius 3 is 2.42 bits per heavy atom. The average molecular weight is 375 g/mol. The van der Waals surface area contributed by atoms with Crippen molar-refractivity contribution in [2.24, 2.45) is 0 Å². The third kappa shape index (κ3) is 4.00. The molecule has 2 aromatic heterocycles. The molecule has 4 rings (SSSR count). The Morgan fingerprint density at radius 2 is 1.73 bits per heavy atom. The van der Waals surface area contributed by atoms with Gasteiger partial charge < -0.3 is 4.90 Å². The number of aromatic nitrogens is 4. The smallest absolute Gasteiger partial charge is 0.155 e. The van der Waals surface area contributed by atoms with Crippen molar-refractivity contribution >= 4 is 18.2 Å². The number of hydrogen-bond acceptors (Lipinski definition) is 5. The molecule has 6 nitrogen and oxygen atoms in total. The molecule has 0 unspecified atom stereocenters. The number of H-pyrrole nitrogens is 1. The summed E-state index contributed by atoms with van der Waals surface area (Å²) < 4.78 is 13.2. The van der Waals surface area contributed by atoms with E-state index in [-0.39, 0.29) is 18.2 Å². The highest BCUT2D eigenvalue weighted by Gasteiger charge is 2.21. The minimum Gasteiger partial charge on any atom is -0.352 e. The van der Waals surface area contributed by atoms with Crippen molar-refractivity contribution in [3.63, 3.8) is 0 Å². The second-order valence-corrected chi connectivity index (χ2v) is 6.11. The van der Waals surface area contributed by atoms with Crippen molar-refractivity contribution in [1.29, 1.82) is 0 Å². The number of halogens is 2. The van der Waals surface area contributed by atoms with Gasteiger partial charge >= 0.3 is 0 Å². The van der Waals surface area contributed by atoms with Crippen molar-refractivity contribution < 1.29 is 4.39 Å². The maximum Gasteiger partial charge on any atom is 0.155 e. The van der Waals surface area contributed by atoms with Crippen LogP contribution in [-0.4, -0.2) is 51.2 Å². The molecular weight excluding hydrogens is 355 g/mol. The van der Waals surface area contributed by atoms with Gasteiger partial charge in [-0.3, -0.25) is 15.0 Å². The van der Waals surface area contributed by atoms with Gasteiger partial charge in [-0.25, -0.2) is 9.37 Å². The van der Waals surface area contributed by atoms with Crippen molar-refractivity contribution in [1.82, 2.24) is 25.1 Å². The fourth-order valence-corrected chi connectivity index (χ4v) is 3.11. The minimum absolute atomic E-state index is 0. The summed E-state index contributed by atoms with van der Waals surface area (Å²) in [6, 6.07) is 6.41. The number of aromatic amines is 1. The van der Waals surface area contributed by atoms with Crippen LogP contribution in [0.25, 0.3) is 11.3 Å². The van der Waals surface area contributed by atoms with Crippen molar-refractivity contribution in [2.75, 3.05) is 31.1 Å². The quantitative estimate of drug-likeness (QED) is 0.760. The van der Waals surface area contributed by atoms with E-state index in [0.29, 0.717) is 0 Å². The largest absolute Gasteiger partial charge is 0.352 e. The molecule has 0 bridgehead atoms. The number of rotatable bonds is 4. The molecular formula is C18H20ClFN6. The number of hydrogen-bond donors (Lipinski definition) is 1. The van der Waals surface area contributed by atoms with Gasteiger partial charge in [0.25, 0.3) is 0 Å². The molecule has 1 aliphatic rings. The van der Waals surface area contributed by atoms with Crippen LogP contribution in [0, 0.1) is 5.82 Å². The van der Waals surface area contributed by atoms with E-state index in [1.54, 1.807) is 24.5 Å². The van der Waals surface area contributed by atoms with Crippen LogP contribution in [0.15, 0.2) is 49.1 Å². The van der Waals surface area contributed by atoms with E-state index in [1.807, 2.05) is 12.4 Å². The molecule has 3 heterocycles.